The van der Waals surface area contributed by atoms with E-state index in [1.54, 1.807) is 0 Å². The van der Waals surface area contributed by atoms with Crippen molar-refractivity contribution in [1.82, 2.24) is 5.32 Å². The van der Waals surface area contributed by atoms with E-state index in [0.29, 0.717) is 0 Å². The molecule has 0 radical (unpaired) electrons. The van der Waals surface area contributed by atoms with E-state index in [1.165, 1.54) is 16.7 Å². The maximum Gasteiger partial charge on any atom is 0.0977 e. The zero-order chi connectivity index (χ0) is 14.1. The predicted octanol–water partition coefficient (Wildman–Crippen LogP) is 4.22. The standard InChI is InChI=1S/C17H19ClN2/c1-3-5-16-19-15-10-13(8-11(2)17(15)20-16)12-6-4-7-14(18)9-12/h4,6-10,15,17H,3,5H2,1-2H3,(H,19,20). The van der Waals surface area contributed by atoms with Gasteiger partial charge in [0.05, 0.1) is 17.9 Å². The van der Waals surface area contributed by atoms with Crippen LogP contribution >= 0.6 is 11.6 Å². The van der Waals surface area contributed by atoms with E-state index in [9.17, 15) is 0 Å². The van der Waals surface area contributed by atoms with Crippen LogP contribution in [0.4, 0.5) is 0 Å². The van der Waals surface area contributed by atoms with E-state index in [1.807, 2.05) is 18.2 Å². The van der Waals surface area contributed by atoms with Gasteiger partial charge in [0.2, 0.25) is 0 Å². The van der Waals surface area contributed by atoms with Gasteiger partial charge in [-0.05, 0) is 42.2 Å². The highest BCUT2D eigenvalue weighted by Gasteiger charge is 2.30. The number of nitrogens with zero attached hydrogens (tertiary/aromatic N) is 1. The summed E-state index contributed by atoms with van der Waals surface area (Å²) in [5.41, 5.74) is 3.71. The molecule has 2 aliphatic rings. The lowest BCUT2D eigenvalue weighted by Crippen LogP contribution is -2.35. The molecule has 0 aromatic heterocycles. The molecule has 0 amide bonds. The fourth-order valence-electron chi connectivity index (χ4n) is 2.87. The minimum atomic E-state index is 0.263. The highest BCUT2D eigenvalue weighted by molar-refractivity contribution is 6.30. The predicted molar refractivity (Wildman–Crippen MR) is 86.2 cm³/mol. The number of hydrogen-bond donors (Lipinski definition) is 1. The molecule has 0 fully saturated rings. The van der Waals surface area contributed by atoms with E-state index in [2.05, 4.69) is 37.4 Å². The summed E-state index contributed by atoms with van der Waals surface area (Å²) in [6.45, 7) is 4.34. The molecule has 3 rings (SSSR count). The van der Waals surface area contributed by atoms with Gasteiger partial charge < -0.3 is 5.32 Å². The molecule has 1 aliphatic carbocycles. The summed E-state index contributed by atoms with van der Waals surface area (Å²) in [6.07, 6.45) is 6.65. The van der Waals surface area contributed by atoms with Gasteiger partial charge in [0.1, 0.15) is 0 Å². The average molecular weight is 287 g/mol. The van der Waals surface area contributed by atoms with Crippen molar-refractivity contribution in [3.05, 3.63) is 52.6 Å². The Balaban J connectivity index is 1.89. The molecule has 1 N–H and O–H groups in total. The van der Waals surface area contributed by atoms with Gasteiger partial charge in [-0.25, -0.2) is 0 Å². The Labute approximate surface area is 125 Å². The van der Waals surface area contributed by atoms with Crippen LogP contribution in [0, 0.1) is 0 Å². The second-order valence-corrected chi connectivity index (χ2v) is 5.90. The summed E-state index contributed by atoms with van der Waals surface area (Å²) in [6, 6.07) is 8.57. The summed E-state index contributed by atoms with van der Waals surface area (Å²) in [4.78, 5) is 4.79. The zero-order valence-corrected chi connectivity index (χ0v) is 12.6. The van der Waals surface area contributed by atoms with Crippen molar-refractivity contribution in [2.75, 3.05) is 0 Å². The van der Waals surface area contributed by atoms with Gasteiger partial charge in [-0.15, -0.1) is 0 Å². The molecule has 1 aromatic carbocycles. The molecule has 3 heteroatoms. The van der Waals surface area contributed by atoms with Crippen molar-refractivity contribution in [2.24, 2.45) is 4.99 Å². The van der Waals surface area contributed by atoms with E-state index in [4.69, 9.17) is 16.6 Å². The number of rotatable bonds is 3. The Morgan fingerprint density at radius 1 is 1.35 bits per heavy atom. The zero-order valence-electron chi connectivity index (χ0n) is 11.9. The third-order valence-electron chi connectivity index (χ3n) is 3.82. The highest BCUT2D eigenvalue weighted by atomic mass is 35.5. The molecular formula is C17H19ClN2. The van der Waals surface area contributed by atoms with Crippen LogP contribution in [0.1, 0.15) is 32.3 Å². The lowest BCUT2D eigenvalue weighted by atomic mass is 9.89. The van der Waals surface area contributed by atoms with Crippen molar-refractivity contribution in [2.45, 2.75) is 38.8 Å². The van der Waals surface area contributed by atoms with Gasteiger partial charge in [0.15, 0.2) is 0 Å². The topological polar surface area (TPSA) is 24.4 Å². The summed E-state index contributed by atoms with van der Waals surface area (Å²) in [7, 11) is 0. The summed E-state index contributed by atoms with van der Waals surface area (Å²) < 4.78 is 0. The highest BCUT2D eigenvalue weighted by Crippen LogP contribution is 2.30. The van der Waals surface area contributed by atoms with Crippen molar-refractivity contribution >= 4 is 23.0 Å². The number of benzene rings is 1. The van der Waals surface area contributed by atoms with Gasteiger partial charge in [-0.1, -0.05) is 42.8 Å². The van der Waals surface area contributed by atoms with Crippen LogP contribution < -0.4 is 5.32 Å². The van der Waals surface area contributed by atoms with Crippen LogP contribution in [0.3, 0.4) is 0 Å². The number of halogens is 1. The largest absolute Gasteiger partial charge is 0.365 e. The quantitative estimate of drug-likeness (QED) is 0.884. The molecular weight excluding hydrogens is 268 g/mol. The SMILES string of the molecule is CCCC1=NC2C(C)=CC(c3cccc(Cl)c3)=CC2N1. The summed E-state index contributed by atoms with van der Waals surface area (Å²) in [5.74, 6) is 1.14. The maximum absolute atomic E-state index is 6.09. The Morgan fingerprint density at radius 3 is 2.95 bits per heavy atom. The number of fused-ring (bicyclic) bond motifs is 1. The van der Waals surface area contributed by atoms with Gasteiger partial charge >= 0.3 is 0 Å². The van der Waals surface area contributed by atoms with E-state index < -0.39 is 0 Å². The van der Waals surface area contributed by atoms with Crippen LogP contribution in [0.2, 0.25) is 5.02 Å². The van der Waals surface area contributed by atoms with Crippen molar-refractivity contribution in [3.63, 3.8) is 0 Å². The Hall–Kier alpha value is -1.54. The monoisotopic (exact) mass is 286 g/mol. The molecule has 20 heavy (non-hydrogen) atoms. The van der Waals surface area contributed by atoms with Crippen molar-refractivity contribution in [3.8, 4) is 0 Å². The van der Waals surface area contributed by atoms with Gasteiger partial charge in [-0.2, -0.15) is 0 Å². The van der Waals surface area contributed by atoms with E-state index in [0.717, 1.165) is 23.7 Å². The Bertz CT molecular complexity index is 613. The minimum absolute atomic E-state index is 0.263. The molecule has 1 heterocycles. The molecule has 0 bridgehead atoms. The normalized spacial score (nSPS) is 24.4. The van der Waals surface area contributed by atoms with Crippen LogP contribution in [0.15, 0.2) is 47.0 Å². The molecule has 1 aliphatic heterocycles. The second-order valence-electron chi connectivity index (χ2n) is 5.46. The molecule has 2 unspecified atom stereocenters. The van der Waals surface area contributed by atoms with Crippen LogP contribution in [-0.2, 0) is 0 Å². The summed E-state index contributed by atoms with van der Waals surface area (Å²) >= 11 is 6.09. The van der Waals surface area contributed by atoms with Crippen LogP contribution in [-0.4, -0.2) is 17.9 Å². The van der Waals surface area contributed by atoms with Crippen LogP contribution in [0.25, 0.3) is 5.57 Å². The lowest BCUT2D eigenvalue weighted by Gasteiger charge is -2.22. The number of aliphatic imine (C=N–C) groups is 1. The second kappa shape index (κ2) is 5.45. The first kappa shape index (κ1) is 13.4. The lowest BCUT2D eigenvalue weighted by molar-refractivity contribution is 0.666. The number of nitrogens with one attached hydrogen (secondary N) is 1. The van der Waals surface area contributed by atoms with Gasteiger partial charge in [-0.3, -0.25) is 4.99 Å². The first-order valence-corrected chi connectivity index (χ1v) is 7.54. The number of hydrogen-bond acceptors (Lipinski definition) is 2. The first-order chi connectivity index (χ1) is 9.67. The molecule has 2 nitrogen and oxygen atoms in total. The fourth-order valence-corrected chi connectivity index (χ4v) is 3.06. The molecule has 0 saturated carbocycles. The summed E-state index contributed by atoms with van der Waals surface area (Å²) in [5, 5.41) is 4.32. The molecule has 0 spiro atoms. The number of amidine groups is 1. The van der Waals surface area contributed by atoms with Crippen molar-refractivity contribution < 1.29 is 0 Å². The number of allylic oxidation sites excluding steroid dienone is 2. The molecule has 104 valence electrons. The average Bonchev–Trinajstić information content (AvgIpc) is 2.82. The fraction of sp³-hybridized carbons (Fsp3) is 0.353. The third kappa shape index (κ3) is 2.53. The Morgan fingerprint density at radius 2 is 2.20 bits per heavy atom. The maximum atomic E-state index is 6.09. The smallest absolute Gasteiger partial charge is 0.0977 e. The van der Waals surface area contributed by atoms with Crippen LogP contribution in [0.5, 0.6) is 0 Å². The van der Waals surface area contributed by atoms with Gasteiger partial charge in [0.25, 0.3) is 0 Å². The third-order valence-corrected chi connectivity index (χ3v) is 4.06. The molecule has 2 atom stereocenters. The van der Waals surface area contributed by atoms with Gasteiger partial charge in [0, 0.05) is 11.4 Å². The first-order valence-electron chi connectivity index (χ1n) is 7.16. The van der Waals surface area contributed by atoms with E-state index >= 15 is 0 Å². The minimum Gasteiger partial charge on any atom is -0.365 e. The van der Waals surface area contributed by atoms with Crippen molar-refractivity contribution in [1.29, 1.82) is 0 Å². The molecule has 0 saturated heterocycles. The van der Waals surface area contributed by atoms with E-state index in [-0.39, 0.29) is 12.1 Å². The Kier molecular flexibility index (Phi) is 3.66. The molecule has 1 aromatic rings.